The molecule has 0 aromatic rings. The zero-order chi connectivity index (χ0) is 13.7. The van der Waals surface area contributed by atoms with Gasteiger partial charge in [-0.25, -0.2) is 0 Å². The van der Waals surface area contributed by atoms with Crippen LogP contribution in [0.4, 0.5) is 0 Å². The molecule has 0 bridgehead atoms. The molecule has 5 heteroatoms. The average molecular weight is 268 g/mol. The molecule has 0 spiro atoms. The van der Waals surface area contributed by atoms with Gasteiger partial charge < -0.3 is 15.8 Å². The van der Waals surface area contributed by atoms with Crippen molar-refractivity contribution in [3.63, 3.8) is 0 Å². The summed E-state index contributed by atoms with van der Waals surface area (Å²) in [5.74, 6) is 0.360. The van der Waals surface area contributed by atoms with Crippen molar-refractivity contribution in [3.8, 4) is 0 Å². The van der Waals surface area contributed by atoms with Gasteiger partial charge in [-0.1, -0.05) is 18.5 Å². The highest BCUT2D eigenvalue weighted by Crippen LogP contribution is 2.22. The first-order valence-electron chi connectivity index (χ1n) is 7.71. The third-order valence-corrected chi connectivity index (χ3v) is 4.69. The summed E-state index contributed by atoms with van der Waals surface area (Å²) in [4.78, 5) is 5.04. The summed E-state index contributed by atoms with van der Waals surface area (Å²) in [6.45, 7) is 6.79. The fourth-order valence-corrected chi connectivity index (χ4v) is 3.57. The first-order valence-corrected chi connectivity index (χ1v) is 7.71. The van der Waals surface area contributed by atoms with Crippen molar-refractivity contribution in [1.82, 2.24) is 9.80 Å². The minimum absolute atomic E-state index is 0.104. The molecule has 0 aliphatic carbocycles. The zero-order valence-corrected chi connectivity index (χ0v) is 12.1. The fourth-order valence-electron chi connectivity index (χ4n) is 3.57. The van der Waals surface area contributed by atoms with E-state index in [1.807, 2.05) is 0 Å². The topological polar surface area (TPSA) is 65.1 Å². The van der Waals surface area contributed by atoms with Crippen LogP contribution >= 0.6 is 0 Å². The lowest BCUT2D eigenvalue weighted by molar-refractivity contribution is 0.0831. The molecule has 5 nitrogen and oxygen atoms in total. The van der Waals surface area contributed by atoms with E-state index in [-0.39, 0.29) is 6.04 Å². The summed E-state index contributed by atoms with van der Waals surface area (Å²) in [5, 5.41) is 12.0. The Kier molecular flexibility index (Phi) is 5.45. The normalized spacial score (nSPS) is 26.5. The quantitative estimate of drug-likeness (QED) is 0.351. The van der Waals surface area contributed by atoms with Crippen molar-refractivity contribution in [2.75, 3.05) is 26.2 Å². The molecule has 2 heterocycles. The summed E-state index contributed by atoms with van der Waals surface area (Å²) in [6, 6.07) is 0.855. The van der Waals surface area contributed by atoms with Crippen molar-refractivity contribution in [1.29, 1.82) is 0 Å². The van der Waals surface area contributed by atoms with E-state index in [0.717, 1.165) is 25.6 Å². The molecule has 3 N–H and O–H groups in total. The van der Waals surface area contributed by atoms with Crippen LogP contribution in [-0.2, 0) is 0 Å². The van der Waals surface area contributed by atoms with E-state index in [1.54, 1.807) is 0 Å². The minimum atomic E-state index is 0.104. The number of rotatable bonds is 4. The van der Waals surface area contributed by atoms with Crippen LogP contribution in [0, 0.1) is 0 Å². The van der Waals surface area contributed by atoms with Crippen LogP contribution in [0.2, 0.25) is 0 Å². The van der Waals surface area contributed by atoms with Gasteiger partial charge >= 0.3 is 0 Å². The maximum absolute atomic E-state index is 8.85. The van der Waals surface area contributed by atoms with Crippen molar-refractivity contribution < 1.29 is 5.21 Å². The van der Waals surface area contributed by atoms with Gasteiger partial charge in [-0.15, -0.1) is 0 Å². The van der Waals surface area contributed by atoms with Crippen LogP contribution in [-0.4, -0.2) is 59.1 Å². The van der Waals surface area contributed by atoms with Crippen LogP contribution < -0.4 is 5.73 Å². The maximum atomic E-state index is 8.85. The highest BCUT2D eigenvalue weighted by Gasteiger charge is 2.29. The predicted molar refractivity (Wildman–Crippen MR) is 77.5 cm³/mol. The molecule has 2 rings (SSSR count). The molecule has 110 valence electrons. The van der Waals surface area contributed by atoms with E-state index in [2.05, 4.69) is 21.9 Å². The number of hydrogen-bond donors (Lipinski definition) is 2. The van der Waals surface area contributed by atoms with Gasteiger partial charge in [0.15, 0.2) is 5.84 Å². The summed E-state index contributed by atoms with van der Waals surface area (Å²) < 4.78 is 0. The Bertz CT molecular complexity index is 294. The van der Waals surface area contributed by atoms with E-state index in [1.165, 1.54) is 45.2 Å². The number of amidine groups is 1. The van der Waals surface area contributed by atoms with Crippen LogP contribution in [0.3, 0.4) is 0 Å². The van der Waals surface area contributed by atoms with E-state index >= 15 is 0 Å². The van der Waals surface area contributed by atoms with Gasteiger partial charge in [0.2, 0.25) is 0 Å². The number of nitrogens with zero attached hydrogens (tertiary/aromatic N) is 3. The summed E-state index contributed by atoms with van der Waals surface area (Å²) in [6.07, 6.45) is 7.47. The number of hydrogen-bond acceptors (Lipinski definition) is 4. The standard InChI is InChI=1S/C14H28N4O/c1-2-13(14(15)16-19)18-10-6-12(7-11-18)17-8-4-3-5-9-17/h12-13,19H,2-11H2,1H3,(H2,15,16). The van der Waals surface area contributed by atoms with Crippen LogP contribution in [0.15, 0.2) is 5.16 Å². The Hall–Kier alpha value is -0.810. The monoisotopic (exact) mass is 268 g/mol. The van der Waals surface area contributed by atoms with Crippen LogP contribution in [0.1, 0.15) is 45.4 Å². The molecule has 2 saturated heterocycles. The molecule has 2 fully saturated rings. The first kappa shape index (κ1) is 14.6. The molecule has 2 aliphatic heterocycles. The third-order valence-electron chi connectivity index (χ3n) is 4.69. The van der Waals surface area contributed by atoms with Gasteiger partial charge in [-0.3, -0.25) is 4.90 Å². The zero-order valence-electron chi connectivity index (χ0n) is 12.1. The van der Waals surface area contributed by atoms with E-state index < -0.39 is 0 Å². The van der Waals surface area contributed by atoms with Gasteiger partial charge in [0.1, 0.15) is 0 Å². The summed E-state index contributed by atoms with van der Waals surface area (Å²) in [5.41, 5.74) is 5.78. The van der Waals surface area contributed by atoms with Crippen LogP contribution in [0.5, 0.6) is 0 Å². The first-order chi connectivity index (χ1) is 9.26. The predicted octanol–water partition coefficient (Wildman–Crippen LogP) is 1.46. The lowest BCUT2D eigenvalue weighted by atomic mass is 9.98. The second-order valence-corrected chi connectivity index (χ2v) is 5.81. The van der Waals surface area contributed by atoms with Crippen molar-refractivity contribution >= 4 is 5.84 Å². The molecule has 0 saturated carbocycles. The SMILES string of the molecule is CCC(C(N)=NO)N1CCC(N2CCCCC2)CC1. The maximum Gasteiger partial charge on any atom is 0.156 e. The molecule has 0 amide bonds. The summed E-state index contributed by atoms with van der Waals surface area (Å²) in [7, 11) is 0. The molecule has 0 aromatic carbocycles. The van der Waals surface area contributed by atoms with Crippen molar-refractivity contribution in [2.24, 2.45) is 10.9 Å². The second-order valence-electron chi connectivity index (χ2n) is 5.81. The Morgan fingerprint density at radius 1 is 1.21 bits per heavy atom. The number of oxime groups is 1. The second kappa shape index (κ2) is 7.10. The van der Waals surface area contributed by atoms with Crippen molar-refractivity contribution in [3.05, 3.63) is 0 Å². The minimum Gasteiger partial charge on any atom is -0.409 e. The van der Waals surface area contributed by atoms with Gasteiger partial charge in [0.05, 0.1) is 6.04 Å². The molecule has 2 aliphatic rings. The van der Waals surface area contributed by atoms with Gasteiger partial charge in [0.25, 0.3) is 0 Å². The van der Waals surface area contributed by atoms with Crippen LogP contribution in [0.25, 0.3) is 0 Å². The van der Waals surface area contributed by atoms with Gasteiger partial charge in [0, 0.05) is 19.1 Å². The average Bonchev–Trinajstić information content (AvgIpc) is 2.49. The Morgan fingerprint density at radius 3 is 2.37 bits per heavy atom. The molecular formula is C14H28N4O. The Labute approximate surface area is 116 Å². The molecular weight excluding hydrogens is 240 g/mol. The van der Waals surface area contributed by atoms with E-state index in [4.69, 9.17) is 10.9 Å². The molecule has 19 heavy (non-hydrogen) atoms. The number of likely N-dealkylation sites (tertiary alicyclic amines) is 2. The Balaban J connectivity index is 1.84. The molecule has 1 unspecified atom stereocenters. The molecule has 1 atom stereocenters. The number of piperidine rings is 2. The molecule has 0 aromatic heterocycles. The smallest absolute Gasteiger partial charge is 0.156 e. The van der Waals surface area contributed by atoms with Gasteiger partial charge in [-0.2, -0.15) is 0 Å². The van der Waals surface area contributed by atoms with Gasteiger partial charge in [-0.05, 0) is 45.2 Å². The van der Waals surface area contributed by atoms with Crippen molar-refractivity contribution in [2.45, 2.75) is 57.5 Å². The number of nitrogens with two attached hydrogens (primary N) is 1. The Morgan fingerprint density at radius 2 is 1.84 bits per heavy atom. The largest absolute Gasteiger partial charge is 0.409 e. The highest BCUT2D eigenvalue weighted by molar-refractivity contribution is 5.85. The third kappa shape index (κ3) is 3.60. The lowest BCUT2D eigenvalue weighted by Crippen LogP contribution is -2.52. The van der Waals surface area contributed by atoms with E-state index in [9.17, 15) is 0 Å². The molecule has 0 radical (unpaired) electrons. The summed E-state index contributed by atoms with van der Waals surface area (Å²) >= 11 is 0. The highest BCUT2D eigenvalue weighted by atomic mass is 16.4. The lowest BCUT2D eigenvalue weighted by Gasteiger charge is -2.42. The fraction of sp³-hybridized carbons (Fsp3) is 0.929. The van der Waals surface area contributed by atoms with E-state index in [0.29, 0.717) is 5.84 Å².